The number of amidine groups is 1. The minimum Gasteiger partial charge on any atom is -0.496 e. The Labute approximate surface area is 193 Å². The van der Waals surface area contributed by atoms with Crippen LogP contribution in [0.1, 0.15) is 23.6 Å². The average Bonchev–Trinajstić information content (AvgIpc) is 2.87. The molecule has 0 saturated heterocycles. The number of nitriles is 1. The van der Waals surface area contributed by atoms with Crippen LogP contribution in [-0.2, 0) is 13.0 Å². The summed E-state index contributed by atoms with van der Waals surface area (Å²) in [7, 11) is 4.83. The Morgan fingerprint density at radius 2 is 1.88 bits per heavy atom. The lowest BCUT2D eigenvalue weighted by Crippen LogP contribution is -2.34. The van der Waals surface area contributed by atoms with Crippen LogP contribution in [0.25, 0.3) is 11.3 Å². The molecule has 7 heteroatoms. The molecule has 0 N–H and O–H groups in total. The minimum atomic E-state index is 0.393. The fourth-order valence-electron chi connectivity index (χ4n) is 4.22. The molecule has 0 atom stereocenters. The van der Waals surface area contributed by atoms with Crippen LogP contribution in [0.5, 0.6) is 17.2 Å². The largest absolute Gasteiger partial charge is 0.496 e. The predicted molar refractivity (Wildman–Crippen MR) is 127 cm³/mol. The third-order valence-electron chi connectivity index (χ3n) is 5.86. The molecule has 0 bridgehead atoms. The van der Waals surface area contributed by atoms with E-state index in [0.717, 1.165) is 31.1 Å². The van der Waals surface area contributed by atoms with Crippen molar-refractivity contribution >= 4 is 11.5 Å². The van der Waals surface area contributed by atoms with Crippen LogP contribution in [0.2, 0.25) is 0 Å². The number of hydrogen-bond donors (Lipinski definition) is 0. The van der Waals surface area contributed by atoms with Gasteiger partial charge in [0.25, 0.3) is 0 Å². The Bertz CT molecular complexity index is 1230. The van der Waals surface area contributed by atoms with Crippen molar-refractivity contribution in [3.05, 3.63) is 65.4 Å². The number of ether oxygens (including phenoxy) is 3. The second-order valence-electron chi connectivity index (χ2n) is 7.64. The SMILES string of the molecule is COc1cccc2c1CCN(C(C)=Nc1cc(OC)c(OC)c(-c3ccccn3)c1C#N)C2. The van der Waals surface area contributed by atoms with E-state index in [-0.39, 0.29) is 0 Å². The van der Waals surface area contributed by atoms with E-state index in [9.17, 15) is 5.26 Å². The van der Waals surface area contributed by atoms with Crippen molar-refractivity contribution in [1.29, 1.82) is 5.26 Å². The number of fused-ring (bicyclic) bond motifs is 1. The Hall–Kier alpha value is -4.05. The van der Waals surface area contributed by atoms with E-state index >= 15 is 0 Å². The van der Waals surface area contributed by atoms with Gasteiger partial charge in [0.15, 0.2) is 11.5 Å². The van der Waals surface area contributed by atoms with E-state index in [1.165, 1.54) is 11.1 Å². The molecule has 33 heavy (non-hydrogen) atoms. The van der Waals surface area contributed by atoms with E-state index in [0.29, 0.717) is 34.0 Å². The van der Waals surface area contributed by atoms with Gasteiger partial charge in [0.2, 0.25) is 0 Å². The van der Waals surface area contributed by atoms with Crippen LogP contribution in [0.3, 0.4) is 0 Å². The molecule has 0 unspecified atom stereocenters. The molecule has 0 spiro atoms. The van der Waals surface area contributed by atoms with E-state index in [2.05, 4.69) is 22.0 Å². The highest BCUT2D eigenvalue weighted by atomic mass is 16.5. The molecule has 4 rings (SSSR count). The van der Waals surface area contributed by atoms with Crippen molar-refractivity contribution in [2.75, 3.05) is 27.9 Å². The van der Waals surface area contributed by atoms with E-state index in [1.54, 1.807) is 33.6 Å². The number of nitrogens with zero attached hydrogens (tertiary/aromatic N) is 4. The summed E-state index contributed by atoms with van der Waals surface area (Å²) in [6.07, 6.45) is 2.55. The molecule has 1 aliphatic rings. The van der Waals surface area contributed by atoms with Crippen molar-refractivity contribution in [2.24, 2.45) is 4.99 Å². The van der Waals surface area contributed by atoms with Gasteiger partial charge in [-0.2, -0.15) is 5.26 Å². The Morgan fingerprint density at radius 1 is 1.06 bits per heavy atom. The van der Waals surface area contributed by atoms with Crippen LogP contribution < -0.4 is 14.2 Å². The van der Waals surface area contributed by atoms with Crippen molar-refractivity contribution < 1.29 is 14.2 Å². The highest BCUT2D eigenvalue weighted by molar-refractivity contribution is 5.88. The van der Waals surface area contributed by atoms with Gasteiger partial charge in [-0.1, -0.05) is 18.2 Å². The maximum Gasteiger partial charge on any atom is 0.171 e. The van der Waals surface area contributed by atoms with Gasteiger partial charge in [-0.3, -0.25) is 4.98 Å². The molecule has 3 aromatic rings. The number of rotatable bonds is 5. The fraction of sp³-hybridized carbons (Fsp3) is 0.269. The first-order valence-corrected chi connectivity index (χ1v) is 10.7. The van der Waals surface area contributed by atoms with Gasteiger partial charge < -0.3 is 19.1 Å². The van der Waals surface area contributed by atoms with Gasteiger partial charge in [0.05, 0.1) is 43.8 Å². The summed E-state index contributed by atoms with van der Waals surface area (Å²) < 4.78 is 16.7. The zero-order chi connectivity index (χ0) is 23.4. The second kappa shape index (κ2) is 9.61. The molecule has 2 heterocycles. The Balaban J connectivity index is 1.78. The molecule has 0 saturated carbocycles. The quantitative estimate of drug-likeness (QED) is 0.419. The summed E-state index contributed by atoms with van der Waals surface area (Å²) in [5.41, 5.74) is 4.56. The third-order valence-corrected chi connectivity index (χ3v) is 5.86. The maximum absolute atomic E-state index is 10.1. The lowest BCUT2D eigenvalue weighted by atomic mass is 9.98. The lowest BCUT2D eigenvalue weighted by Gasteiger charge is -2.31. The van der Waals surface area contributed by atoms with E-state index < -0.39 is 0 Å². The normalized spacial score (nSPS) is 13.2. The number of aliphatic imine (C=N–C) groups is 1. The highest BCUT2D eigenvalue weighted by Crippen LogP contribution is 2.44. The standard InChI is InChI=1S/C26H26N4O3/c1-17(30-13-11-19-18(16-30)8-7-10-23(19)31-2)29-22-14-24(32-3)26(33-4)25(20(22)15-27)21-9-5-6-12-28-21/h5-10,12,14H,11,13,16H2,1-4H3. The first kappa shape index (κ1) is 22.2. The van der Waals surface area contributed by atoms with E-state index in [1.807, 2.05) is 37.3 Å². The molecule has 1 aromatic heterocycles. The summed E-state index contributed by atoms with van der Waals surface area (Å²) in [6.45, 7) is 3.50. The lowest BCUT2D eigenvalue weighted by molar-refractivity contribution is 0.356. The van der Waals surface area contributed by atoms with Gasteiger partial charge >= 0.3 is 0 Å². The van der Waals surface area contributed by atoms with Crippen LogP contribution in [0, 0.1) is 11.3 Å². The molecule has 0 amide bonds. The summed E-state index contributed by atoms with van der Waals surface area (Å²) in [6, 6.07) is 15.7. The molecule has 2 aromatic carbocycles. The summed E-state index contributed by atoms with van der Waals surface area (Å²) in [4.78, 5) is 11.5. The fourth-order valence-corrected chi connectivity index (χ4v) is 4.22. The van der Waals surface area contributed by atoms with Crippen molar-refractivity contribution in [2.45, 2.75) is 19.9 Å². The number of benzene rings is 2. The van der Waals surface area contributed by atoms with Crippen molar-refractivity contribution in [3.8, 4) is 34.6 Å². The molecule has 168 valence electrons. The molecule has 0 aliphatic carbocycles. The number of pyridine rings is 1. The predicted octanol–water partition coefficient (Wildman–Crippen LogP) is 4.75. The Morgan fingerprint density at radius 3 is 2.55 bits per heavy atom. The van der Waals surface area contributed by atoms with Crippen LogP contribution in [0.4, 0.5) is 5.69 Å². The van der Waals surface area contributed by atoms with Crippen LogP contribution in [-0.4, -0.2) is 43.6 Å². The average molecular weight is 443 g/mol. The van der Waals surface area contributed by atoms with Gasteiger partial charge in [-0.15, -0.1) is 0 Å². The van der Waals surface area contributed by atoms with Crippen LogP contribution >= 0.6 is 0 Å². The zero-order valence-electron chi connectivity index (χ0n) is 19.3. The van der Waals surface area contributed by atoms with Gasteiger partial charge in [0, 0.05) is 30.9 Å². The topological polar surface area (TPSA) is 80.0 Å². The molecule has 0 fully saturated rings. The maximum atomic E-state index is 10.1. The van der Waals surface area contributed by atoms with Gasteiger partial charge in [0.1, 0.15) is 17.7 Å². The van der Waals surface area contributed by atoms with Gasteiger partial charge in [-0.25, -0.2) is 4.99 Å². The van der Waals surface area contributed by atoms with Gasteiger partial charge in [-0.05, 0) is 37.1 Å². The molecule has 1 aliphatic heterocycles. The van der Waals surface area contributed by atoms with E-state index in [4.69, 9.17) is 19.2 Å². The number of hydrogen-bond acceptors (Lipinski definition) is 6. The Kier molecular flexibility index (Phi) is 6.45. The zero-order valence-corrected chi connectivity index (χ0v) is 19.3. The highest BCUT2D eigenvalue weighted by Gasteiger charge is 2.24. The first-order valence-electron chi connectivity index (χ1n) is 10.7. The number of methoxy groups -OCH3 is 3. The van der Waals surface area contributed by atoms with Crippen LogP contribution in [0.15, 0.2) is 53.7 Å². The minimum absolute atomic E-state index is 0.393. The monoisotopic (exact) mass is 442 g/mol. The molecule has 0 radical (unpaired) electrons. The molecule has 7 nitrogen and oxygen atoms in total. The van der Waals surface area contributed by atoms with Crippen molar-refractivity contribution in [1.82, 2.24) is 9.88 Å². The first-order chi connectivity index (χ1) is 16.1. The van der Waals surface area contributed by atoms with Crippen molar-refractivity contribution in [3.63, 3.8) is 0 Å². The third kappa shape index (κ3) is 4.20. The number of aromatic nitrogens is 1. The summed E-state index contributed by atoms with van der Waals surface area (Å²) in [5, 5.41) is 10.1. The molecular weight excluding hydrogens is 416 g/mol. The summed E-state index contributed by atoms with van der Waals surface area (Å²) in [5.74, 6) is 2.70. The molecular formula is C26H26N4O3. The smallest absolute Gasteiger partial charge is 0.171 e. The second-order valence-corrected chi connectivity index (χ2v) is 7.64. The summed E-state index contributed by atoms with van der Waals surface area (Å²) >= 11 is 0.